The number of halogens is 1. The van der Waals surface area contributed by atoms with Gasteiger partial charge in [0.15, 0.2) is 0 Å². The van der Waals surface area contributed by atoms with Gasteiger partial charge in [0.2, 0.25) is 11.8 Å². The first-order valence-electron chi connectivity index (χ1n) is 5.93. The maximum Gasteiger partial charge on any atom is 0.236 e. The van der Waals surface area contributed by atoms with Crippen LogP contribution in [0.15, 0.2) is 30.3 Å². The first-order valence-corrected chi connectivity index (χ1v) is 5.93. The highest BCUT2D eigenvalue weighted by molar-refractivity contribution is 5.85. The number of carbonyl (C=O) groups is 2. The Balaban J connectivity index is 0.00000324. The Morgan fingerprint density at radius 3 is 2.42 bits per heavy atom. The minimum absolute atomic E-state index is 0. The lowest BCUT2D eigenvalue weighted by Crippen LogP contribution is -2.39. The number of carbonyl (C=O) groups excluding carboxylic acids is 2. The lowest BCUT2D eigenvalue weighted by molar-refractivity contribution is -0.122. The molecule has 106 valence electrons. The molecular weight excluding hydrogens is 266 g/mol. The summed E-state index contributed by atoms with van der Waals surface area (Å²) in [7, 11) is 0. The van der Waals surface area contributed by atoms with E-state index in [0.717, 1.165) is 5.56 Å². The Morgan fingerprint density at radius 1 is 1.21 bits per heavy atom. The highest BCUT2D eigenvalue weighted by Gasteiger charge is 2.07. The fourth-order valence-corrected chi connectivity index (χ4v) is 1.35. The second-order valence-corrected chi connectivity index (χ2v) is 4.09. The van der Waals surface area contributed by atoms with Gasteiger partial charge in [0, 0.05) is 19.5 Å². The van der Waals surface area contributed by atoms with Crippen LogP contribution in [-0.2, 0) is 16.1 Å². The van der Waals surface area contributed by atoms with Crippen LogP contribution in [0.2, 0.25) is 0 Å². The molecule has 0 aliphatic rings. The summed E-state index contributed by atoms with van der Waals surface area (Å²) in [6.07, 6.45) is 0.255. The van der Waals surface area contributed by atoms with E-state index in [9.17, 15) is 9.59 Å². The molecule has 6 heteroatoms. The Morgan fingerprint density at radius 2 is 1.84 bits per heavy atom. The zero-order valence-electron chi connectivity index (χ0n) is 10.9. The van der Waals surface area contributed by atoms with E-state index >= 15 is 0 Å². The topological polar surface area (TPSA) is 84.2 Å². The van der Waals surface area contributed by atoms with Gasteiger partial charge in [-0.2, -0.15) is 0 Å². The quantitative estimate of drug-likeness (QED) is 0.715. The van der Waals surface area contributed by atoms with Crippen LogP contribution >= 0.6 is 12.4 Å². The van der Waals surface area contributed by atoms with Gasteiger partial charge in [0.25, 0.3) is 0 Å². The fourth-order valence-electron chi connectivity index (χ4n) is 1.35. The van der Waals surface area contributed by atoms with Crippen LogP contribution < -0.4 is 16.4 Å². The van der Waals surface area contributed by atoms with Gasteiger partial charge in [0.05, 0.1) is 6.04 Å². The molecule has 1 rings (SSSR count). The molecule has 1 aromatic rings. The van der Waals surface area contributed by atoms with Gasteiger partial charge < -0.3 is 16.4 Å². The summed E-state index contributed by atoms with van der Waals surface area (Å²) in [5.74, 6) is -0.338. The number of hydrogen-bond acceptors (Lipinski definition) is 3. The molecule has 0 spiro atoms. The van der Waals surface area contributed by atoms with Crippen molar-refractivity contribution in [1.82, 2.24) is 10.6 Å². The molecule has 4 N–H and O–H groups in total. The van der Waals surface area contributed by atoms with E-state index in [1.165, 1.54) is 0 Å². The van der Waals surface area contributed by atoms with E-state index in [4.69, 9.17) is 5.73 Å². The van der Waals surface area contributed by atoms with E-state index in [1.807, 2.05) is 30.3 Å². The zero-order chi connectivity index (χ0) is 13.4. The van der Waals surface area contributed by atoms with Crippen LogP contribution in [0.5, 0.6) is 0 Å². The molecule has 0 saturated carbocycles. The van der Waals surface area contributed by atoms with Crippen LogP contribution in [0.4, 0.5) is 0 Å². The predicted molar refractivity (Wildman–Crippen MR) is 76.8 cm³/mol. The third-order valence-electron chi connectivity index (χ3n) is 2.40. The Hall–Kier alpha value is -1.59. The van der Waals surface area contributed by atoms with Crippen LogP contribution in [0, 0.1) is 0 Å². The maximum absolute atomic E-state index is 11.5. The number of benzene rings is 1. The largest absolute Gasteiger partial charge is 0.354 e. The number of amides is 2. The van der Waals surface area contributed by atoms with Crippen molar-refractivity contribution in [2.45, 2.75) is 25.9 Å². The van der Waals surface area contributed by atoms with Crippen molar-refractivity contribution in [2.24, 2.45) is 5.73 Å². The summed E-state index contributed by atoms with van der Waals surface area (Å²) in [6.45, 7) is 2.41. The van der Waals surface area contributed by atoms with Crippen LogP contribution in [0.25, 0.3) is 0 Å². The predicted octanol–water partition coefficient (Wildman–Crippen LogP) is 0.578. The first-order chi connectivity index (χ1) is 8.59. The molecule has 0 unspecified atom stereocenters. The average Bonchev–Trinajstić information content (AvgIpc) is 2.37. The Labute approximate surface area is 119 Å². The number of rotatable bonds is 6. The molecule has 0 heterocycles. The number of nitrogens with one attached hydrogen (secondary N) is 2. The van der Waals surface area contributed by atoms with E-state index < -0.39 is 6.04 Å². The smallest absolute Gasteiger partial charge is 0.236 e. The van der Waals surface area contributed by atoms with Crippen molar-refractivity contribution < 1.29 is 9.59 Å². The van der Waals surface area contributed by atoms with Crippen molar-refractivity contribution in [3.8, 4) is 0 Å². The summed E-state index contributed by atoms with van der Waals surface area (Å²) in [5, 5.41) is 5.37. The first kappa shape index (κ1) is 17.4. The Kier molecular flexibility index (Phi) is 8.57. The molecule has 1 aromatic carbocycles. The second-order valence-electron chi connectivity index (χ2n) is 4.09. The molecule has 0 bridgehead atoms. The second kappa shape index (κ2) is 9.35. The summed E-state index contributed by atoms with van der Waals surface area (Å²) in [6, 6.07) is 9.11. The normalized spacial score (nSPS) is 11.1. The molecule has 0 fully saturated rings. The summed E-state index contributed by atoms with van der Waals surface area (Å²) >= 11 is 0. The van der Waals surface area contributed by atoms with Gasteiger partial charge in [-0.15, -0.1) is 12.4 Å². The fraction of sp³-hybridized carbons (Fsp3) is 0.385. The van der Waals surface area contributed by atoms with E-state index in [-0.39, 0.29) is 30.6 Å². The van der Waals surface area contributed by atoms with Gasteiger partial charge in [-0.3, -0.25) is 9.59 Å². The molecule has 19 heavy (non-hydrogen) atoms. The van der Waals surface area contributed by atoms with Gasteiger partial charge in [-0.25, -0.2) is 0 Å². The standard InChI is InChI=1S/C13H19N3O2.ClH/c1-10(14)13(18)15-8-7-12(17)16-9-11-5-3-2-4-6-11;/h2-6,10H,7-9,14H2,1H3,(H,15,18)(H,16,17);1H/t10-;/m1./s1. The molecule has 2 amide bonds. The lowest BCUT2D eigenvalue weighted by atomic mass is 10.2. The minimum atomic E-state index is -0.544. The summed E-state index contributed by atoms with van der Waals surface area (Å²) in [4.78, 5) is 22.6. The third-order valence-corrected chi connectivity index (χ3v) is 2.40. The van der Waals surface area contributed by atoms with Crippen LogP contribution in [-0.4, -0.2) is 24.4 Å². The molecular formula is C13H20ClN3O2. The summed E-state index contributed by atoms with van der Waals surface area (Å²) < 4.78 is 0. The van der Waals surface area contributed by atoms with E-state index in [2.05, 4.69) is 10.6 Å². The SMILES string of the molecule is C[C@@H](N)C(=O)NCCC(=O)NCc1ccccc1.Cl. The molecule has 0 aliphatic carbocycles. The molecule has 0 radical (unpaired) electrons. The third kappa shape index (κ3) is 7.43. The van der Waals surface area contributed by atoms with Crippen molar-refractivity contribution in [3.63, 3.8) is 0 Å². The zero-order valence-corrected chi connectivity index (χ0v) is 11.7. The minimum Gasteiger partial charge on any atom is -0.354 e. The van der Waals surface area contributed by atoms with Crippen molar-refractivity contribution in [2.75, 3.05) is 6.54 Å². The van der Waals surface area contributed by atoms with Gasteiger partial charge >= 0.3 is 0 Å². The molecule has 1 atom stereocenters. The van der Waals surface area contributed by atoms with Crippen molar-refractivity contribution >= 4 is 24.2 Å². The Bertz CT molecular complexity index is 396. The van der Waals surface area contributed by atoms with Crippen LogP contribution in [0.3, 0.4) is 0 Å². The monoisotopic (exact) mass is 285 g/mol. The van der Waals surface area contributed by atoms with Gasteiger partial charge in [-0.1, -0.05) is 30.3 Å². The van der Waals surface area contributed by atoms with Crippen LogP contribution in [0.1, 0.15) is 18.9 Å². The number of nitrogens with two attached hydrogens (primary N) is 1. The molecule has 5 nitrogen and oxygen atoms in total. The lowest BCUT2D eigenvalue weighted by Gasteiger charge is -2.08. The van der Waals surface area contributed by atoms with Gasteiger partial charge in [0.1, 0.15) is 0 Å². The summed E-state index contributed by atoms with van der Waals surface area (Å²) in [5.41, 5.74) is 6.42. The highest BCUT2D eigenvalue weighted by Crippen LogP contribution is 1.97. The number of hydrogen-bond donors (Lipinski definition) is 3. The average molecular weight is 286 g/mol. The molecule has 0 aliphatic heterocycles. The van der Waals surface area contributed by atoms with Crippen molar-refractivity contribution in [1.29, 1.82) is 0 Å². The van der Waals surface area contributed by atoms with E-state index in [1.54, 1.807) is 6.92 Å². The van der Waals surface area contributed by atoms with Crippen molar-refractivity contribution in [3.05, 3.63) is 35.9 Å². The molecule has 0 saturated heterocycles. The van der Waals surface area contributed by atoms with Gasteiger partial charge in [-0.05, 0) is 12.5 Å². The maximum atomic E-state index is 11.5. The van der Waals surface area contributed by atoms with E-state index in [0.29, 0.717) is 13.1 Å². The highest BCUT2D eigenvalue weighted by atomic mass is 35.5. The molecule has 0 aromatic heterocycles.